The van der Waals surface area contributed by atoms with E-state index >= 15 is 0 Å². The number of rotatable bonds is 8. The quantitative estimate of drug-likeness (QED) is 0.304. The van der Waals surface area contributed by atoms with Crippen molar-refractivity contribution in [1.29, 1.82) is 0 Å². The molecule has 0 aliphatic carbocycles. The molecule has 0 aliphatic rings. The zero-order valence-corrected chi connectivity index (χ0v) is 21.6. The Morgan fingerprint density at radius 3 is 2.29 bits per heavy atom. The maximum atomic E-state index is 12.7. The number of ether oxygens (including phenoxy) is 1. The minimum atomic E-state index is -0.0926. The average molecular weight is 487 g/mol. The molecule has 1 aromatic heterocycles. The topological polar surface area (TPSA) is 69.0 Å². The van der Waals surface area contributed by atoms with E-state index in [-0.39, 0.29) is 18.3 Å². The molecule has 1 N–H and O–H groups in total. The number of carbonyl (C=O) groups is 1. The number of aromatic nitrogens is 3. The van der Waals surface area contributed by atoms with Gasteiger partial charge in [0.05, 0.1) is 5.75 Å². The molecule has 0 saturated carbocycles. The maximum absolute atomic E-state index is 12.7. The van der Waals surface area contributed by atoms with Crippen LogP contribution in [0.15, 0.2) is 65.8 Å². The van der Waals surface area contributed by atoms with E-state index in [0.717, 1.165) is 39.4 Å². The zero-order chi connectivity index (χ0) is 24.9. The molecule has 0 saturated heterocycles. The molecule has 0 bridgehead atoms. The molecule has 7 heteroatoms. The van der Waals surface area contributed by atoms with Gasteiger partial charge in [-0.15, -0.1) is 10.2 Å². The Balaban J connectivity index is 1.53. The molecule has 4 aromatic rings. The van der Waals surface area contributed by atoms with Crippen molar-refractivity contribution in [2.24, 2.45) is 0 Å². The number of thioether (sulfide) groups is 1. The number of nitrogens with one attached hydrogen (secondary N) is 1. The normalized spacial score (nSPS) is 10.9. The van der Waals surface area contributed by atoms with Crippen molar-refractivity contribution in [3.8, 4) is 11.4 Å². The number of amides is 1. The highest BCUT2D eigenvalue weighted by Gasteiger charge is 2.17. The molecular weight excluding hydrogens is 456 g/mol. The van der Waals surface area contributed by atoms with Crippen LogP contribution >= 0.6 is 11.8 Å². The predicted octanol–water partition coefficient (Wildman–Crippen LogP) is 6.12. The summed E-state index contributed by atoms with van der Waals surface area (Å²) in [4.78, 5) is 12.7. The Morgan fingerprint density at radius 2 is 1.60 bits per heavy atom. The van der Waals surface area contributed by atoms with Crippen molar-refractivity contribution < 1.29 is 9.53 Å². The molecule has 0 fully saturated rings. The first-order valence-electron chi connectivity index (χ1n) is 11.5. The van der Waals surface area contributed by atoms with E-state index in [1.807, 2.05) is 92.9 Å². The monoisotopic (exact) mass is 486 g/mol. The summed E-state index contributed by atoms with van der Waals surface area (Å²) in [5, 5.41) is 12.4. The van der Waals surface area contributed by atoms with Crippen LogP contribution in [0.1, 0.15) is 33.6 Å². The van der Waals surface area contributed by atoms with Gasteiger partial charge in [0.15, 0.2) is 11.0 Å². The summed E-state index contributed by atoms with van der Waals surface area (Å²) in [7, 11) is 0. The fourth-order valence-corrected chi connectivity index (χ4v) is 4.52. The first kappa shape index (κ1) is 24.5. The Labute approximate surface area is 210 Å². The van der Waals surface area contributed by atoms with Crippen LogP contribution in [0, 0.1) is 34.6 Å². The van der Waals surface area contributed by atoms with Crippen molar-refractivity contribution in [3.05, 3.63) is 94.3 Å². The highest BCUT2D eigenvalue weighted by molar-refractivity contribution is 7.99. The minimum absolute atomic E-state index is 0.0926. The Morgan fingerprint density at radius 1 is 0.886 bits per heavy atom. The van der Waals surface area contributed by atoms with Crippen molar-refractivity contribution in [3.63, 3.8) is 0 Å². The van der Waals surface area contributed by atoms with E-state index in [1.54, 1.807) is 0 Å². The van der Waals surface area contributed by atoms with Crippen LogP contribution in [-0.2, 0) is 11.4 Å². The Kier molecular flexibility index (Phi) is 7.56. The second-order valence-corrected chi connectivity index (χ2v) is 9.66. The summed E-state index contributed by atoms with van der Waals surface area (Å²) in [6.07, 6.45) is 0. The van der Waals surface area contributed by atoms with Crippen molar-refractivity contribution >= 4 is 23.4 Å². The lowest BCUT2D eigenvalue weighted by Crippen LogP contribution is -2.15. The summed E-state index contributed by atoms with van der Waals surface area (Å²) in [5.41, 5.74) is 7.37. The molecule has 35 heavy (non-hydrogen) atoms. The van der Waals surface area contributed by atoms with Crippen LogP contribution in [0.25, 0.3) is 5.69 Å². The summed E-state index contributed by atoms with van der Waals surface area (Å²) in [6.45, 7) is 10.5. The molecule has 1 amide bonds. The van der Waals surface area contributed by atoms with Crippen LogP contribution in [0.2, 0.25) is 0 Å². The number of aryl methyl sites for hydroxylation is 5. The number of hydrogen-bond donors (Lipinski definition) is 1. The van der Waals surface area contributed by atoms with Crippen LogP contribution in [0.3, 0.4) is 0 Å². The largest absolute Gasteiger partial charge is 0.485 e. The van der Waals surface area contributed by atoms with Crippen molar-refractivity contribution in [1.82, 2.24) is 14.8 Å². The molecule has 0 spiro atoms. The van der Waals surface area contributed by atoms with Gasteiger partial charge < -0.3 is 10.1 Å². The van der Waals surface area contributed by atoms with E-state index in [2.05, 4.69) is 22.4 Å². The number of hydrogen-bond acceptors (Lipinski definition) is 5. The minimum Gasteiger partial charge on any atom is -0.485 e. The number of para-hydroxylation sites is 1. The van der Waals surface area contributed by atoms with Crippen LogP contribution in [0.5, 0.6) is 5.75 Å². The summed E-state index contributed by atoms with van der Waals surface area (Å²) < 4.78 is 8.13. The second-order valence-electron chi connectivity index (χ2n) is 8.72. The molecular formula is C28H30N4O2S. The summed E-state index contributed by atoms with van der Waals surface area (Å²) >= 11 is 1.35. The molecule has 6 nitrogen and oxygen atoms in total. The van der Waals surface area contributed by atoms with Gasteiger partial charge in [0, 0.05) is 11.4 Å². The van der Waals surface area contributed by atoms with Gasteiger partial charge in [-0.2, -0.15) is 0 Å². The second kappa shape index (κ2) is 10.8. The van der Waals surface area contributed by atoms with E-state index in [0.29, 0.717) is 11.0 Å². The Hall–Kier alpha value is -3.58. The van der Waals surface area contributed by atoms with E-state index in [4.69, 9.17) is 4.74 Å². The number of benzene rings is 3. The number of anilines is 1. The van der Waals surface area contributed by atoms with Gasteiger partial charge in [0.2, 0.25) is 5.91 Å². The fourth-order valence-electron chi connectivity index (χ4n) is 3.75. The third-order valence-corrected chi connectivity index (χ3v) is 6.80. The molecule has 3 aromatic carbocycles. The van der Waals surface area contributed by atoms with Crippen LogP contribution in [0.4, 0.5) is 5.69 Å². The average Bonchev–Trinajstić information content (AvgIpc) is 3.23. The number of nitrogens with zero attached hydrogens (tertiary/aromatic N) is 3. The first-order chi connectivity index (χ1) is 16.8. The van der Waals surface area contributed by atoms with Gasteiger partial charge >= 0.3 is 0 Å². The molecule has 180 valence electrons. The SMILES string of the molecule is Cc1ccc(-n2c(COc3c(C)cccc3C)nnc2SCC(=O)Nc2ccc(C)c(C)c2)cc1. The molecule has 0 atom stereocenters. The molecule has 0 radical (unpaired) electrons. The van der Waals surface area contributed by atoms with Gasteiger partial charge in [-0.3, -0.25) is 9.36 Å². The first-order valence-corrected chi connectivity index (χ1v) is 12.5. The zero-order valence-electron chi connectivity index (χ0n) is 20.8. The van der Waals surface area contributed by atoms with Gasteiger partial charge in [0.25, 0.3) is 0 Å². The third kappa shape index (κ3) is 5.92. The van der Waals surface area contributed by atoms with Gasteiger partial charge in [-0.1, -0.05) is 53.7 Å². The maximum Gasteiger partial charge on any atom is 0.234 e. The molecule has 1 heterocycles. The van der Waals surface area contributed by atoms with E-state index in [1.165, 1.54) is 17.3 Å². The predicted molar refractivity (Wildman–Crippen MR) is 142 cm³/mol. The van der Waals surface area contributed by atoms with Gasteiger partial charge in [0.1, 0.15) is 12.4 Å². The highest BCUT2D eigenvalue weighted by Crippen LogP contribution is 2.26. The standard InChI is InChI=1S/C28H30N4O2S/c1-18-9-13-24(14-10-18)32-25(16-34-27-20(3)7-6-8-21(27)4)30-31-28(32)35-17-26(33)29-23-12-11-19(2)22(5)15-23/h6-15H,16-17H2,1-5H3,(H,29,33). The van der Waals surface area contributed by atoms with E-state index < -0.39 is 0 Å². The van der Waals surface area contributed by atoms with Crippen LogP contribution < -0.4 is 10.1 Å². The smallest absolute Gasteiger partial charge is 0.234 e. The summed E-state index contributed by atoms with van der Waals surface area (Å²) in [5.74, 6) is 1.65. The molecule has 4 rings (SSSR count). The van der Waals surface area contributed by atoms with Crippen molar-refractivity contribution in [2.45, 2.75) is 46.4 Å². The lowest BCUT2D eigenvalue weighted by molar-refractivity contribution is -0.113. The molecule has 0 aliphatic heterocycles. The number of carbonyl (C=O) groups excluding carboxylic acids is 1. The fraction of sp³-hybridized carbons (Fsp3) is 0.250. The molecule has 0 unspecified atom stereocenters. The highest BCUT2D eigenvalue weighted by atomic mass is 32.2. The van der Waals surface area contributed by atoms with Gasteiger partial charge in [-0.05, 0) is 81.1 Å². The van der Waals surface area contributed by atoms with E-state index in [9.17, 15) is 4.79 Å². The lowest BCUT2D eigenvalue weighted by Gasteiger charge is -2.14. The van der Waals surface area contributed by atoms with Crippen molar-refractivity contribution in [2.75, 3.05) is 11.1 Å². The lowest BCUT2D eigenvalue weighted by atomic mass is 10.1. The summed E-state index contributed by atoms with van der Waals surface area (Å²) in [6, 6.07) is 20.1. The van der Waals surface area contributed by atoms with Gasteiger partial charge in [-0.25, -0.2) is 0 Å². The van der Waals surface area contributed by atoms with Crippen LogP contribution in [-0.4, -0.2) is 26.4 Å². The Bertz CT molecular complexity index is 1330. The third-order valence-electron chi connectivity index (χ3n) is 5.87.